The maximum absolute atomic E-state index is 13.4. The Morgan fingerprint density at radius 3 is 2.43 bits per heavy atom. The molecule has 0 saturated heterocycles. The lowest BCUT2D eigenvalue weighted by Gasteiger charge is -2.23. The number of halogens is 1. The highest BCUT2D eigenvalue weighted by Crippen LogP contribution is 2.24. The second-order valence-electron chi connectivity index (χ2n) is 6.96. The van der Waals surface area contributed by atoms with Crippen LogP contribution in [0.2, 0.25) is 0 Å². The van der Waals surface area contributed by atoms with Crippen LogP contribution in [0.15, 0.2) is 41.4 Å². The van der Waals surface area contributed by atoms with Gasteiger partial charge in [-0.1, -0.05) is 13.8 Å². The topological polar surface area (TPSA) is 102 Å². The highest BCUT2D eigenvalue weighted by molar-refractivity contribution is 7.90. The number of ether oxygens (including phenoxy) is 1. The first-order valence-electron chi connectivity index (χ1n) is 8.31. The number of amides is 1. The third-order valence-corrected chi connectivity index (χ3v) is 5.08. The molecule has 2 aromatic rings. The van der Waals surface area contributed by atoms with Gasteiger partial charge in [0.2, 0.25) is 0 Å². The third-order valence-electron chi connectivity index (χ3n) is 3.95. The van der Waals surface area contributed by atoms with Crippen LogP contribution in [-0.2, 0) is 24.8 Å². The number of hydrogen-bond acceptors (Lipinski definition) is 6. The molecule has 0 atom stereocenters. The largest absolute Gasteiger partial charge is 0.465 e. The number of nitrogens with one attached hydrogen (secondary N) is 1. The average molecular weight is 408 g/mol. The average Bonchev–Trinajstić information content (AvgIpc) is 2.61. The fourth-order valence-corrected chi connectivity index (χ4v) is 3.23. The molecular formula is C19H21FN2O5S. The number of pyridine rings is 1. The van der Waals surface area contributed by atoms with E-state index in [0.29, 0.717) is 5.69 Å². The second kappa shape index (κ2) is 8.05. The van der Waals surface area contributed by atoms with Gasteiger partial charge in [-0.25, -0.2) is 12.8 Å². The second-order valence-corrected chi connectivity index (χ2v) is 8.95. The molecule has 7 nitrogen and oxygen atoms in total. The summed E-state index contributed by atoms with van der Waals surface area (Å²) in [5.41, 5.74) is 0.231. The molecule has 0 saturated carbocycles. The van der Waals surface area contributed by atoms with Crippen molar-refractivity contribution in [1.29, 1.82) is 0 Å². The van der Waals surface area contributed by atoms with E-state index in [1.54, 1.807) is 6.07 Å². The zero-order valence-corrected chi connectivity index (χ0v) is 16.8. The molecule has 1 N–H and O–H groups in total. The molecule has 1 heterocycles. The zero-order valence-electron chi connectivity index (χ0n) is 15.9. The Hall–Kier alpha value is -2.81. The monoisotopic (exact) mass is 408 g/mol. The van der Waals surface area contributed by atoms with Crippen LogP contribution < -0.4 is 5.32 Å². The molecule has 1 aromatic carbocycles. The van der Waals surface area contributed by atoms with Crippen molar-refractivity contribution in [3.63, 3.8) is 0 Å². The lowest BCUT2D eigenvalue weighted by atomic mass is 9.89. The van der Waals surface area contributed by atoms with Crippen LogP contribution in [0.1, 0.15) is 36.8 Å². The van der Waals surface area contributed by atoms with Crippen LogP contribution in [0.25, 0.3) is 0 Å². The van der Waals surface area contributed by atoms with Crippen molar-refractivity contribution in [2.45, 2.75) is 31.1 Å². The third kappa shape index (κ3) is 5.35. The van der Waals surface area contributed by atoms with Gasteiger partial charge in [-0.05, 0) is 30.3 Å². The van der Waals surface area contributed by atoms with Crippen molar-refractivity contribution in [2.24, 2.45) is 0 Å². The van der Waals surface area contributed by atoms with Gasteiger partial charge in [-0.2, -0.15) is 0 Å². The zero-order chi connectivity index (χ0) is 21.1. The van der Waals surface area contributed by atoms with Crippen LogP contribution in [0.3, 0.4) is 0 Å². The van der Waals surface area contributed by atoms with Gasteiger partial charge in [0.1, 0.15) is 12.4 Å². The Labute approximate surface area is 162 Å². The summed E-state index contributed by atoms with van der Waals surface area (Å²) in [6.45, 7) is 5.13. The Morgan fingerprint density at radius 2 is 1.89 bits per heavy atom. The number of hydrogen-bond donors (Lipinski definition) is 1. The van der Waals surface area contributed by atoms with Gasteiger partial charge in [-0.3, -0.25) is 14.6 Å². The smallest absolute Gasteiger partial charge is 0.302 e. The molecular weight excluding hydrogens is 387 g/mol. The van der Waals surface area contributed by atoms with Crippen molar-refractivity contribution < 1.29 is 27.1 Å². The van der Waals surface area contributed by atoms with E-state index in [0.717, 1.165) is 18.4 Å². The minimum Gasteiger partial charge on any atom is -0.465 e. The van der Waals surface area contributed by atoms with E-state index in [4.69, 9.17) is 4.74 Å². The molecule has 0 unspecified atom stereocenters. The lowest BCUT2D eigenvalue weighted by molar-refractivity contribution is -0.142. The van der Waals surface area contributed by atoms with E-state index >= 15 is 0 Å². The fraction of sp³-hybridized carbons (Fsp3) is 0.316. The first-order valence-corrected chi connectivity index (χ1v) is 10.2. The first kappa shape index (κ1) is 21.5. The Balaban J connectivity index is 2.22. The summed E-state index contributed by atoms with van der Waals surface area (Å²) in [5.74, 6) is -1.71. The molecule has 0 aliphatic rings. The summed E-state index contributed by atoms with van der Waals surface area (Å²) in [4.78, 5) is 27.4. The molecule has 150 valence electrons. The highest BCUT2D eigenvalue weighted by atomic mass is 32.2. The molecule has 9 heteroatoms. The van der Waals surface area contributed by atoms with E-state index < -0.39 is 32.9 Å². The Bertz CT molecular complexity index is 1000. The van der Waals surface area contributed by atoms with Gasteiger partial charge in [0.15, 0.2) is 9.84 Å². The van der Waals surface area contributed by atoms with Crippen molar-refractivity contribution in [3.05, 3.63) is 53.6 Å². The fourth-order valence-electron chi connectivity index (χ4n) is 2.39. The predicted octanol–water partition coefficient (Wildman–Crippen LogP) is 2.72. The lowest BCUT2D eigenvalue weighted by Crippen LogP contribution is -2.27. The van der Waals surface area contributed by atoms with Crippen LogP contribution in [0.5, 0.6) is 0 Å². The molecule has 1 aromatic heterocycles. The van der Waals surface area contributed by atoms with E-state index in [9.17, 15) is 22.4 Å². The molecule has 0 fully saturated rings. The molecule has 0 spiro atoms. The molecule has 0 radical (unpaired) electrons. The molecule has 1 amide bonds. The molecule has 28 heavy (non-hydrogen) atoms. The van der Waals surface area contributed by atoms with Gasteiger partial charge in [0, 0.05) is 30.5 Å². The van der Waals surface area contributed by atoms with Gasteiger partial charge >= 0.3 is 5.97 Å². The van der Waals surface area contributed by atoms with Crippen LogP contribution in [0, 0.1) is 5.82 Å². The maximum atomic E-state index is 13.4. The van der Waals surface area contributed by atoms with E-state index in [2.05, 4.69) is 10.3 Å². The summed E-state index contributed by atoms with van der Waals surface area (Å²) in [7, 11) is -3.74. The number of carbonyl (C=O) groups excluding carboxylic acids is 2. The van der Waals surface area contributed by atoms with Crippen LogP contribution in [0.4, 0.5) is 10.1 Å². The number of anilines is 1. The Morgan fingerprint density at radius 1 is 1.21 bits per heavy atom. The summed E-state index contributed by atoms with van der Waals surface area (Å²) in [5, 5.41) is 2.46. The highest BCUT2D eigenvalue weighted by Gasteiger charge is 2.24. The van der Waals surface area contributed by atoms with Gasteiger partial charge < -0.3 is 10.1 Å². The quantitative estimate of drug-likeness (QED) is 0.738. The standard InChI is InChI=1S/C19H21FN2O5S/c1-12(23)27-11-19(2,3)17-8-5-13(10-21-17)18(24)22-15-7-6-14(20)9-16(15)28(4,25)26/h5-10H,11H2,1-4H3,(H,22,24). The predicted molar refractivity (Wildman–Crippen MR) is 101 cm³/mol. The summed E-state index contributed by atoms with van der Waals surface area (Å²) in [6, 6.07) is 6.25. The normalized spacial score (nSPS) is 11.8. The minimum atomic E-state index is -3.74. The van der Waals surface area contributed by atoms with Gasteiger partial charge in [0.25, 0.3) is 5.91 Å². The van der Waals surface area contributed by atoms with Crippen LogP contribution in [-0.4, -0.2) is 38.1 Å². The SMILES string of the molecule is CC(=O)OCC(C)(C)c1ccc(C(=O)Nc2ccc(F)cc2S(C)(=O)=O)cn1. The molecule has 0 bridgehead atoms. The van der Waals surface area contributed by atoms with Crippen molar-refractivity contribution in [2.75, 3.05) is 18.2 Å². The number of carbonyl (C=O) groups is 2. The number of benzene rings is 1. The van der Waals surface area contributed by atoms with E-state index in [1.807, 2.05) is 13.8 Å². The summed E-state index contributed by atoms with van der Waals surface area (Å²) in [6.07, 6.45) is 2.27. The number of rotatable bonds is 6. The van der Waals surface area contributed by atoms with Crippen molar-refractivity contribution in [3.8, 4) is 0 Å². The van der Waals surface area contributed by atoms with Gasteiger partial charge in [-0.15, -0.1) is 0 Å². The first-order chi connectivity index (χ1) is 12.9. The summed E-state index contributed by atoms with van der Waals surface area (Å²) >= 11 is 0. The molecule has 2 rings (SSSR count). The van der Waals surface area contributed by atoms with Crippen molar-refractivity contribution in [1.82, 2.24) is 4.98 Å². The number of esters is 1. The Kier molecular flexibility index (Phi) is 6.18. The van der Waals surface area contributed by atoms with Crippen molar-refractivity contribution >= 4 is 27.4 Å². The maximum Gasteiger partial charge on any atom is 0.302 e. The molecule has 0 aliphatic carbocycles. The van der Waals surface area contributed by atoms with Gasteiger partial charge in [0.05, 0.1) is 16.1 Å². The molecule has 0 aliphatic heterocycles. The minimum absolute atomic E-state index is 0.0202. The number of nitrogens with zero attached hydrogens (tertiary/aromatic N) is 1. The number of sulfone groups is 1. The van der Waals surface area contributed by atoms with Crippen LogP contribution >= 0.6 is 0 Å². The number of aromatic nitrogens is 1. The van der Waals surface area contributed by atoms with E-state index in [1.165, 1.54) is 25.3 Å². The van der Waals surface area contributed by atoms with E-state index in [-0.39, 0.29) is 22.8 Å². The summed E-state index contributed by atoms with van der Waals surface area (Å²) < 4.78 is 42.1.